The Morgan fingerprint density at radius 1 is 1.36 bits per heavy atom. The highest BCUT2D eigenvalue weighted by atomic mass is 16.5. The summed E-state index contributed by atoms with van der Waals surface area (Å²) >= 11 is 0. The highest BCUT2D eigenvalue weighted by Crippen LogP contribution is 2.05. The summed E-state index contributed by atoms with van der Waals surface area (Å²) in [7, 11) is 0. The van der Waals surface area contributed by atoms with E-state index in [4.69, 9.17) is 4.74 Å². The van der Waals surface area contributed by atoms with Crippen molar-refractivity contribution in [3.63, 3.8) is 0 Å². The fourth-order valence-electron chi connectivity index (χ4n) is 1.18. The van der Waals surface area contributed by atoms with Crippen molar-refractivity contribution in [3.05, 3.63) is 0 Å². The van der Waals surface area contributed by atoms with Crippen LogP contribution in [-0.2, 0) is 14.3 Å². The van der Waals surface area contributed by atoms with E-state index in [9.17, 15) is 9.90 Å². The van der Waals surface area contributed by atoms with E-state index < -0.39 is 6.10 Å². The van der Waals surface area contributed by atoms with E-state index in [-0.39, 0.29) is 13.2 Å². The van der Waals surface area contributed by atoms with Gasteiger partial charge in [-0.1, -0.05) is 20.3 Å². The number of aliphatic hydroxyl groups excluding tert-OH is 1. The lowest BCUT2D eigenvalue weighted by Gasteiger charge is -2.13. The zero-order chi connectivity index (χ0) is 10.8. The molecule has 0 fully saturated rings. The second kappa shape index (κ2) is 8.97. The van der Waals surface area contributed by atoms with Gasteiger partial charge in [0.25, 0.3) is 6.47 Å². The lowest BCUT2D eigenvalue weighted by Crippen LogP contribution is -2.22. The molecule has 0 heterocycles. The molecule has 1 N–H and O–H groups in total. The van der Waals surface area contributed by atoms with Crippen molar-refractivity contribution in [1.29, 1.82) is 0 Å². The topological polar surface area (TPSA) is 55.8 Å². The molecular formula is C10H20O4. The van der Waals surface area contributed by atoms with Crippen LogP contribution in [0.15, 0.2) is 0 Å². The largest absolute Gasteiger partial charge is 0.465 e. The average molecular weight is 204 g/mol. The molecular weight excluding hydrogens is 184 g/mol. The van der Waals surface area contributed by atoms with Crippen LogP contribution in [0.3, 0.4) is 0 Å². The summed E-state index contributed by atoms with van der Waals surface area (Å²) in [4.78, 5) is 9.80. The summed E-state index contributed by atoms with van der Waals surface area (Å²) in [5, 5.41) is 9.21. The van der Waals surface area contributed by atoms with Crippen molar-refractivity contribution in [2.75, 3.05) is 19.8 Å². The SMILES string of the molecule is CCCC(C)COCC(O)COC=O. The first kappa shape index (κ1) is 13.4. The Kier molecular flexibility index (Phi) is 8.57. The Bertz CT molecular complexity index is 138. The van der Waals surface area contributed by atoms with Gasteiger partial charge in [-0.05, 0) is 12.3 Å². The minimum Gasteiger partial charge on any atom is -0.465 e. The molecule has 0 aliphatic carbocycles. The van der Waals surface area contributed by atoms with Gasteiger partial charge >= 0.3 is 0 Å². The third kappa shape index (κ3) is 8.01. The maximum atomic E-state index is 9.80. The number of ether oxygens (including phenoxy) is 2. The monoisotopic (exact) mass is 204 g/mol. The smallest absolute Gasteiger partial charge is 0.293 e. The fourth-order valence-corrected chi connectivity index (χ4v) is 1.18. The summed E-state index contributed by atoms with van der Waals surface area (Å²) in [5.74, 6) is 0.513. The van der Waals surface area contributed by atoms with E-state index in [1.807, 2.05) is 0 Å². The standard InChI is InChI=1S/C10H20O4/c1-3-4-9(2)5-13-6-10(12)7-14-8-11/h8-10,12H,3-7H2,1-2H3. The molecule has 14 heavy (non-hydrogen) atoms. The molecule has 4 heteroatoms. The summed E-state index contributed by atoms with van der Waals surface area (Å²) in [5.41, 5.74) is 0. The Balaban J connectivity index is 3.29. The molecule has 2 unspecified atom stereocenters. The van der Waals surface area contributed by atoms with E-state index in [0.29, 0.717) is 19.0 Å². The molecule has 0 aromatic rings. The van der Waals surface area contributed by atoms with Gasteiger partial charge in [-0.2, -0.15) is 0 Å². The number of carbonyl (C=O) groups excluding carboxylic acids is 1. The third-order valence-electron chi connectivity index (χ3n) is 1.85. The van der Waals surface area contributed by atoms with Crippen LogP contribution in [0.1, 0.15) is 26.7 Å². The van der Waals surface area contributed by atoms with Crippen molar-refractivity contribution >= 4 is 6.47 Å². The minimum absolute atomic E-state index is 0.00561. The van der Waals surface area contributed by atoms with Crippen LogP contribution in [0.4, 0.5) is 0 Å². The highest BCUT2D eigenvalue weighted by Gasteiger charge is 2.06. The molecule has 0 rings (SSSR count). The zero-order valence-electron chi connectivity index (χ0n) is 8.94. The molecule has 0 amide bonds. The lowest BCUT2D eigenvalue weighted by atomic mass is 10.1. The van der Waals surface area contributed by atoms with Crippen molar-refractivity contribution in [3.8, 4) is 0 Å². The third-order valence-corrected chi connectivity index (χ3v) is 1.85. The van der Waals surface area contributed by atoms with Gasteiger partial charge in [-0.15, -0.1) is 0 Å². The Labute approximate surface area is 85.2 Å². The van der Waals surface area contributed by atoms with Crippen LogP contribution in [0.2, 0.25) is 0 Å². The second-order valence-corrected chi connectivity index (χ2v) is 3.51. The summed E-state index contributed by atoms with van der Waals surface area (Å²) < 4.78 is 9.65. The van der Waals surface area contributed by atoms with E-state index in [1.54, 1.807) is 0 Å². The molecule has 84 valence electrons. The van der Waals surface area contributed by atoms with Crippen LogP contribution in [-0.4, -0.2) is 37.5 Å². The fraction of sp³-hybridized carbons (Fsp3) is 0.900. The van der Waals surface area contributed by atoms with E-state index in [1.165, 1.54) is 0 Å². The zero-order valence-corrected chi connectivity index (χ0v) is 8.94. The van der Waals surface area contributed by atoms with Gasteiger partial charge in [0.15, 0.2) is 0 Å². The molecule has 0 aromatic carbocycles. The highest BCUT2D eigenvalue weighted by molar-refractivity contribution is 5.36. The molecule has 0 saturated carbocycles. The summed E-state index contributed by atoms with van der Waals surface area (Å²) in [6.45, 7) is 5.43. The van der Waals surface area contributed by atoms with Crippen molar-refractivity contribution in [2.24, 2.45) is 5.92 Å². The maximum Gasteiger partial charge on any atom is 0.293 e. The van der Waals surface area contributed by atoms with E-state index in [2.05, 4.69) is 18.6 Å². The van der Waals surface area contributed by atoms with Gasteiger partial charge in [-0.25, -0.2) is 0 Å². The van der Waals surface area contributed by atoms with Crippen LogP contribution in [0.25, 0.3) is 0 Å². The first-order chi connectivity index (χ1) is 6.70. The molecule has 0 spiro atoms. The Morgan fingerprint density at radius 2 is 2.07 bits per heavy atom. The van der Waals surface area contributed by atoms with E-state index >= 15 is 0 Å². The molecule has 0 bridgehead atoms. The number of aliphatic hydroxyl groups is 1. The van der Waals surface area contributed by atoms with Gasteiger partial charge in [0, 0.05) is 6.61 Å². The van der Waals surface area contributed by atoms with Crippen molar-refractivity contribution < 1.29 is 19.4 Å². The van der Waals surface area contributed by atoms with Crippen molar-refractivity contribution in [2.45, 2.75) is 32.8 Å². The van der Waals surface area contributed by atoms with Crippen molar-refractivity contribution in [1.82, 2.24) is 0 Å². The van der Waals surface area contributed by atoms with E-state index in [0.717, 1.165) is 12.8 Å². The van der Waals surface area contributed by atoms with Gasteiger partial charge in [0.05, 0.1) is 6.61 Å². The van der Waals surface area contributed by atoms with Crippen LogP contribution < -0.4 is 0 Å². The Hall–Kier alpha value is -0.610. The quantitative estimate of drug-likeness (QED) is 0.569. The van der Waals surface area contributed by atoms with Gasteiger partial charge < -0.3 is 14.6 Å². The summed E-state index contributed by atoms with van der Waals surface area (Å²) in [6, 6.07) is 0. The normalized spacial score (nSPS) is 14.8. The predicted octanol–water partition coefficient (Wildman–Crippen LogP) is 0.973. The van der Waals surface area contributed by atoms with Gasteiger partial charge in [-0.3, -0.25) is 4.79 Å². The molecule has 0 aliphatic rings. The summed E-state index contributed by atoms with van der Waals surface area (Å²) in [6.07, 6.45) is 1.55. The van der Waals surface area contributed by atoms with Crippen LogP contribution in [0, 0.1) is 5.92 Å². The first-order valence-electron chi connectivity index (χ1n) is 5.01. The Morgan fingerprint density at radius 3 is 2.64 bits per heavy atom. The number of hydrogen-bond acceptors (Lipinski definition) is 4. The lowest BCUT2D eigenvalue weighted by molar-refractivity contribution is -0.132. The van der Waals surface area contributed by atoms with Gasteiger partial charge in [0.2, 0.25) is 0 Å². The average Bonchev–Trinajstić information content (AvgIpc) is 2.15. The number of carbonyl (C=O) groups is 1. The first-order valence-corrected chi connectivity index (χ1v) is 5.01. The molecule has 4 nitrogen and oxygen atoms in total. The van der Waals surface area contributed by atoms with Gasteiger partial charge in [0.1, 0.15) is 12.7 Å². The molecule has 0 radical (unpaired) electrons. The predicted molar refractivity (Wildman–Crippen MR) is 52.9 cm³/mol. The molecule has 0 aromatic heterocycles. The minimum atomic E-state index is -0.714. The molecule has 2 atom stereocenters. The number of rotatable bonds is 9. The second-order valence-electron chi connectivity index (χ2n) is 3.51. The van der Waals surface area contributed by atoms with Crippen LogP contribution >= 0.6 is 0 Å². The number of hydrogen-bond donors (Lipinski definition) is 1. The molecule has 0 aliphatic heterocycles. The maximum absolute atomic E-state index is 9.80. The van der Waals surface area contributed by atoms with Crippen LogP contribution in [0.5, 0.6) is 0 Å². The molecule has 0 saturated heterocycles.